The van der Waals surface area contributed by atoms with Gasteiger partial charge in [-0.15, -0.1) is 0 Å². The number of hydrogen-bond donors (Lipinski definition) is 0. The van der Waals surface area contributed by atoms with Gasteiger partial charge in [-0.1, -0.05) is 0 Å². The monoisotopic (exact) mass is 250 g/mol. The predicted octanol–water partition coefficient (Wildman–Crippen LogP) is 0.605. The molecule has 5 nitrogen and oxygen atoms in total. The quantitative estimate of drug-likeness (QED) is 0.592. The van der Waals surface area contributed by atoms with Crippen molar-refractivity contribution in [1.29, 1.82) is 0 Å². The molecule has 0 N–H and O–H groups in total. The third kappa shape index (κ3) is 1.29. The molecule has 17 heavy (non-hydrogen) atoms. The van der Waals surface area contributed by atoms with Crippen molar-refractivity contribution < 1.29 is 27.6 Å². The Kier molecular flexibility index (Phi) is 2.09. The number of amides is 4. The zero-order valence-electron chi connectivity index (χ0n) is 9.04. The van der Waals surface area contributed by atoms with Gasteiger partial charge in [-0.05, 0) is 6.42 Å². The van der Waals surface area contributed by atoms with Crippen molar-refractivity contribution in [3.8, 4) is 0 Å². The number of nitrogens with zero attached hydrogens (tertiary/aromatic N) is 2. The average molecular weight is 250 g/mol. The van der Waals surface area contributed by atoms with Crippen LogP contribution < -0.4 is 0 Å². The Morgan fingerprint density at radius 2 is 1.53 bits per heavy atom. The number of rotatable bonds is 0. The molecule has 1 aliphatic carbocycles. The first kappa shape index (κ1) is 11.9. The van der Waals surface area contributed by atoms with Crippen molar-refractivity contribution in [2.45, 2.75) is 12.6 Å². The van der Waals surface area contributed by atoms with Gasteiger partial charge < -0.3 is 0 Å². The number of urea groups is 1. The Bertz CT molecular complexity index is 408. The van der Waals surface area contributed by atoms with E-state index in [2.05, 4.69) is 0 Å². The molecule has 1 spiro atoms. The zero-order valence-corrected chi connectivity index (χ0v) is 9.04. The minimum atomic E-state index is -4.60. The van der Waals surface area contributed by atoms with Gasteiger partial charge in [-0.3, -0.25) is 19.4 Å². The summed E-state index contributed by atoms with van der Waals surface area (Å²) in [6.45, 7) is 0. The van der Waals surface area contributed by atoms with E-state index in [0.717, 1.165) is 14.1 Å². The van der Waals surface area contributed by atoms with Crippen molar-refractivity contribution in [2.75, 3.05) is 14.1 Å². The van der Waals surface area contributed by atoms with Crippen LogP contribution in [-0.4, -0.2) is 47.9 Å². The largest absolute Gasteiger partial charge is 0.393 e. The van der Waals surface area contributed by atoms with E-state index in [-0.39, 0.29) is 0 Å². The van der Waals surface area contributed by atoms with Crippen LogP contribution in [0.4, 0.5) is 18.0 Å². The lowest BCUT2D eigenvalue weighted by Crippen LogP contribution is -2.59. The van der Waals surface area contributed by atoms with Crippen LogP contribution in [0.1, 0.15) is 6.42 Å². The first-order chi connectivity index (χ1) is 7.64. The van der Waals surface area contributed by atoms with Crippen LogP contribution >= 0.6 is 0 Å². The van der Waals surface area contributed by atoms with Crippen LogP contribution in [0.5, 0.6) is 0 Å². The van der Waals surface area contributed by atoms with Gasteiger partial charge in [-0.25, -0.2) is 4.79 Å². The number of hydrogen-bond acceptors (Lipinski definition) is 3. The molecule has 1 unspecified atom stereocenters. The van der Waals surface area contributed by atoms with Crippen molar-refractivity contribution in [3.63, 3.8) is 0 Å². The molecule has 1 saturated heterocycles. The summed E-state index contributed by atoms with van der Waals surface area (Å²) in [5.41, 5.74) is -2.10. The first-order valence-electron chi connectivity index (χ1n) is 4.81. The topological polar surface area (TPSA) is 57.7 Å². The number of halogens is 3. The normalized spacial score (nSPS) is 28.1. The molecule has 0 aromatic rings. The smallest absolute Gasteiger partial charge is 0.273 e. The second-order valence-electron chi connectivity index (χ2n) is 4.28. The summed E-state index contributed by atoms with van der Waals surface area (Å²) in [7, 11) is 2.14. The van der Waals surface area contributed by atoms with E-state index in [9.17, 15) is 27.6 Å². The highest BCUT2D eigenvalue weighted by Crippen LogP contribution is 2.62. The van der Waals surface area contributed by atoms with E-state index in [4.69, 9.17) is 0 Å². The number of imide groups is 2. The molecular formula is C9H9F3N2O3. The average Bonchev–Trinajstić information content (AvgIpc) is 2.98. The van der Waals surface area contributed by atoms with Crippen LogP contribution in [0.15, 0.2) is 0 Å². The van der Waals surface area contributed by atoms with E-state index < -0.39 is 41.8 Å². The summed E-state index contributed by atoms with van der Waals surface area (Å²) in [5.74, 6) is -4.10. The number of alkyl halides is 3. The molecular weight excluding hydrogens is 241 g/mol. The molecule has 1 heterocycles. The molecule has 0 bridgehead atoms. The Balaban J connectivity index is 2.40. The van der Waals surface area contributed by atoms with Crippen molar-refractivity contribution in [2.24, 2.45) is 11.3 Å². The maximum atomic E-state index is 12.5. The maximum Gasteiger partial charge on any atom is 0.393 e. The first-order valence-corrected chi connectivity index (χ1v) is 4.81. The van der Waals surface area contributed by atoms with E-state index in [1.54, 1.807) is 0 Å². The molecule has 1 saturated carbocycles. The molecule has 1 atom stereocenters. The van der Waals surface area contributed by atoms with E-state index in [1.807, 2.05) is 0 Å². The Morgan fingerprint density at radius 3 is 1.82 bits per heavy atom. The Hall–Kier alpha value is -1.60. The van der Waals surface area contributed by atoms with Crippen LogP contribution in [0.2, 0.25) is 0 Å². The lowest BCUT2D eigenvalue weighted by atomic mass is 9.97. The summed E-state index contributed by atoms with van der Waals surface area (Å²) in [5, 5.41) is 0. The molecule has 0 radical (unpaired) electrons. The highest BCUT2D eigenvalue weighted by Gasteiger charge is 2.78. The van der Waals surface area contributed by atoms with Crippen LogP contribution in [-0.2, 0) is 9.59 Å². The van der Waals surface area contributed by atoms with Gasteiger partial charge in [0.15, 0.2) is 0 Å². The summed E-state index contributed by atoms with van der Waals surface area (Å²) < 4.78 is 37.6. The number of barbiturate groups is 1. The van der Waals surface area contributed by atoms with Crippen LogP contribution in [0.25, 0.3) is 0 Å². The highest BCUT2D eigenvalue weighted by atomic mass is 19.4. The van der Waals surface area contributed by atoms with E-state index in [0.29, 0.717) is 9.80 Å². The molecule has 94 valence electrons. The second-order valence-corrected chi connectivity index (χ2v) is 4.28. The minimum absolute atomic E-state index is 0.563. The highest BCUT2D eigenvalue weighted by molar-refractivity contribution is 6.21. The SMILES string of the molecule is CN1C(=O)N(C)C(=O)C2(CC2C(F)(F)F)C1=O. The molecule has 4 amide bonds. The second kappa shape index (κ2) is 2.99. The summed E-state index contributed by atoms with van der Waals surface area (Å²) >= 11 is 0. The van der Waals surface area contributed by atoms with Gasteiger partial charge in [0.25, 0.3) is 0 Å². The van der Waals surface area contributed by atoms with Crippen LogP contribution in [0, 0.1) is 11.3 Å². The fraction of sp³-hybridized carbons (Fsp3) is 0.667. The Morgan fingerprint density at radius 1 is 1.12 bits per heavy atom. The predicted molar refractivity (Wildman–Crippen MR) is 47.5 cm³/mol. The molecule has 0 aromatic heterocycles. The third-order valence-electron chi connectivity index (χ3n) is 3.30. The third-order valence-corrected chi connectivity index (χ3v) is 3.30. The molecule has 1 aliphatic heterocycles. The van der Waals surface area contributed by atoms with Crippen molar-refractivity contribution in [1.82, 2.24) is 9.80 Å². The van der Waals surface area contributed by atoms with Crippen LogP contribution in [0.3, 0.4) is 0 Å². The summed E-state index contributed by atoms with van der Waals surface area (Å²) in [4.78, 5) is 35.9. The standard InChI is InChI=1S/C9H9F3N2O3/c1-13-5(15)8(3-4(8)9(10,11)12)6(16)14(2)7(13)17/h4H,3H2,1-2H3. The molecule has 2 rings (SSSR count). The number of carbonyl (C=O) groups excluding carboxylic acids is 3. The maximum absolute atomic E-state index is 12.5. The van der Waals surface area contributed by atoms with Gasteiger partial charge in [0.05, 0.1) is 5.92 Å². The molecule has 2 fully saturated rings. The lowest BCUT2D eigenvalue weighted by molar-refractivity contribution is -0.173. The Labute approximate surface area is 94.1 Å². The van der Waals surface area contributed by atoms with Crippen molar-refractivity contribution >= 4 is 17.8 Å². The molecule has 2 aliphatic rings. The van der Waals surface area contributed by atoms with Gasteiger partial charge in [0.1, 0.15) is 5.41 Å². The fourth-order valence-electron chi connectivity index (χ4n) is 2.22. The minimum Gasteiger partial charge on any atom is -0.273 e. The van der Waals surface area contributed by atoms with Gasteiger partial charge >= 0.3 is 12.2 Å². The lowest BCUT2D eigenvalue weighted by Gasteiger charge is -2.33. The van der Waals surface area contributed by atoms with E-state index in [1.165, 1.54) is 0 Å². The fourth-order valence-corrected chi connectivity index (χ4v) is 2.22. The molecule has 0 aromatic carbocycles. The van der Waals surface area contributed by atoms with Gasteiger partial charge in [0.2, 0.25) is 11.8 Å². The zero-order chi connectivity index (χ0) is 13.2. The van der Waals surface area contributed by atoms with Gasteiger partial charge in [-0.2, -0.15) is 13.2 Å². The summed E-state index contributed by atoms with van der Waals surface area (Å²) in [6, 6.07) is -0.904. The molecule has 8 heteroatoms. The van der Waals surface area contributed by atoms with Crippen molar-refractivity contribution in [3.05, 3.63) is 0 Å². The number of carbonyl (C=O) groups is 3. The summed E-state index contributed by atoms with van der Waals surface area (Å²) in [6.07, 6.45) is -5.18. The van der Waals surface area contributed by atoms with Gasteiger partial charge in [0, 0.05) is 14.1 Å². The van der Waals surface area contributed by atoms with E-state index >= 15 is 0 Å².